The second kappa shape index (κ2) is 5.56. The van der Waals surface area contributed by atoms with Gasteiger partial charge in [0, 0.05) is 23.7 Å². The topological polar surface area (TPSA) is 29.5 Å². The SMILES string of the molecule is CC(C)(C)OC(=O)N1Cc2ccc(SCC3CC3)cc2C1. The number of carbonyl (C=O) groups is 1. The maximum atomic E-state index is 12.1. The van der Waals surface area contributed by atoms with Crippen molar-refractivity contribution >= 4 is 17.9 Å². The fourth-order valence-electron chi connectivity index (χ4n) is 2.41. The van der Waals surface area contributed by atoms with Crippen molar-refractivity contribution in [2.24, 2.45) is 5.92 Å². The molecule has 3 rings (SSSR count). The fourth-order valence-corrected chi connectivity index (χ4v) is 3.57. The molecule has 1 amide bonds. The number of nitrogens with zero attached hydrogens (tertiary/aromatic N) is 1. The average Bonchev–Trinajstić information content (AvgIpc) is 3.11. The second-order valence-electron chi connectivity index (χ2n) is 7.02. The summed E-state index contributed by atoms with van der Waals surface area (Å²) in [6.45, 7) is 7.04. The Labute approximate surface area is 131 Å². The molecule has 1 aliphatic carbocycles. The average molecular weight is 305 g/mol. The van der Waals surface area contributed by atoms with Gasteiger partial charge in [0.15, 0.2) is 0 Å². The van der Waals surface area contributed by atoms with Gasteiger partial charge < -0.3 is 4.74 Å². The Morgan fingerprint density at radius 1 is 1.29 bits per heavy atom. The molecule has 2 aliphatic rings. The first kappa shape index (κ1) is 14.8. The summed E-state index contributed by atoms with van der Waals surface area (Å²) in [5, 5.41) is 0. The van der Waals surface area contributed by atoms with E-state index < -0.39 is 5.60 Å². The summed E-state index contributed by atoms with van der Waals surface area (Å²) in [6.07, 6.45) is 2.57. The highest BCUT2D eigenvalue weighted by Crippen LogP contribution is 2.36. The minimum absolute atomic E-state index is 0.217. The molecule has 1 aliphatic heterocycles. The fraction of sp³-hybridized carbons (Fsp3) is 0.588. The molecular formula is C17H23NO2S. The number of thioether (sulfide) groups is 1. The van der Waals surface area contributed by atoms with Gasteiger partial charge in [0.2, 0.25) is 0 Å². The summed E-state index contributed by atoms with van der Waals surface area (Å²) < 4.78 is 5.45. The lowest BCUT2D eigenvalue weighted by atomic mass is 10.1. The van der Waals surface area contributed by atoms with Gasteiger partial charge in [-0.15, -0.1) is 11.8 Å². The number of fused-ring (bicyclic) bond motifs is 1. The molecule has 4 heteroatoms. The van der Waals surface area contributed by atoms with E-state index in [1.165, 1.54) is 34.6 Å². The van der Waals surface area contributed by atoms with E-state index in [1.807, 2.05) is 32.5 Å². The standard InChI is InChI=1S/C17H23NO2S/c1-17(2,3)20-16(19)18-9-13-6-7-15(8-14(13)10-18)21-11-12-4-5-12/h6-8,12H,4-5,9-11H2,1-3H3. The molecule has 1 aromatic carbocycles. The van der Waals surface area contributed by atoms with Crippen molar-refractivity contribution in [1.82, 2.24) is 4.90 Å². The zero-order valence-electron chi connectivity index (χ0n) is 13.0. The van der Waals surface area contributed by atoms with Crippen molar-refractivity contribution in [3.05, 3.63) is 29.3 Å². The van der Waals surface area contributed by atoms with Gasteiger partial charge in [-0.2, -0.15) is 0 Å². The van der Waals surface area contributed by atoms with Gasteiger partial charge in [0.05, 0.1) is 0 Å². The van der Waals surface area contributed by atoms with E-state index in [0.717, 1.165) is 5.92 Å². The van der Waals surface area contributed by atoms with E-state index in [9.17, 15) is 4.79 Å². The highest BCUT2D eigenvalue weighted by atomic mass is 32.2. The van der Waals surface area contributed by atoms with E-state index in [0.29, 0.717) is 13.1 Å². The Kier molecular flexibility index (Phi) is 3.91. The molecule has 0 unspecified atom stereocenters. The summed E-state index contributed by atoms with van der Waals surface area (Å²) in [5.41, 5.74) is 2.08. The van der Waals surface area contributed by atoms with E-state index >= 15 is 0 Å². The molecule has 0 N–H and O–H groups in total. The van der Waals surface area contributed by atoms with Crippen LogP contribution in [0.4, 0.5) is 4.79 Å². The number of hydrogen-bond donors (Lipinski definition) is 0. The van der Waals surface area contributed by atoms with Gasteiger partial charge in [-0.1, -0.05) is 6.07 Å². The van der Waals surface area contributed by atoms with Crippen LogP contribution in [0.15, 0.2) is 23.1 Å². The lowest BCUT2D eigenvalue weighted by Crippen LogP contribution is -2.33. The molecular weight excluding hydrogens is 282 g/mol. The Hall–Kier alpha value is -1.16. The molecule has 1 heterocycles. The monoisotopic (exact) mass is 305 g/mol. The van der Waals surface area contributed by atoms with Crippen LogP contribution in [0, 0.1) is 5.92 Å². The minimum atomic E-state index is -0.433. The molecule has 114 valence electrons. The molecule has 0 radical (unpaired) electrons. The molecule has 1 fully saturated rings. The number of ether oxygens (including phenoxy) is 1. The van der Waals surface area contributed by atoms with Crippen molar-refractivity contribution in [2.45, 2.75) is 57.2 Å². The predicted octanol–water partition coefficient (Wildman–Crippen LogP) is 4.44. The van der Waals surface area contributed by atoms with Crippen LogP contribution < -0.4 is 0 Å². The van der Waals surface area contributed by atoms with Crippen LogP contribution in [0.3, 0.4) is 0 Å². The Morgan fingerprint density at radius 3 is 2.67 bits per heavy atom. The lowest BCUT2D eigenvalue weighted by Gasteiger charge is -2.24. The van der Waals surface area contributed by atoms with Crippen molar-refractivity contribution in [3.63, 3.8) is 0 Å². The molecule has 1 aromatic rings. The zero-order valence-corrected chi connectivity index (χ0v) is 13.8. The Balaban J connectivity index is 1.62. The molecule has 0 saturated heterocycles. The quantitative estimate of drug-likeness (QED) is 0.773. The summed E-state index contributed by atoms with van der Waals surface area (Å²) in [5.74, 6) is 2.16. The largest absolute Gasteiger partial charge is 0.444 e. The molecule has 0 bridgehead atoms. The summed E-state index contributed by atoms with van der Waals surface area (Å²) in [6, 6.07) is 6.59. The maximum Gasteiger partial charge on any atom is 0.410 e. The third kappa shape index (κ3) is 3.94. The summed E-state index contributed by atoms with van der Waals surface area (Å²) in [7, 11) is 0. The molecule has 0 aromatic heterocycles. The minimum Gasteiger partial charge on any atom is -0.444 e. The van der Waals surface area contributed by atoms with Crippen molar-refractivity contribution < 1.29 is 9.53 Å². The number of hydrogen-bond acceptors (Lipinski definition) is 3. The Bertz CT molecular complexity index is 546. The van der Waals surface area contributed by atoms with Gasteiger partial charge in [0.1, 0.15) is 5.60 Å². The van der Waals surface area contributed by atoms with Crippen LogP contribution in [0.5, 0.6) is 0 Å². The van der Waals surface area contributed by atoms with Gasteiger partial charge >= 0.3 is 6.09 Å². The van der Waals surface area contributed by atoms with Crippen LogP contribution in [0.25, 0.3) is 0 Å². The third-order valence-corrected chi connectivity index (χ3v) is 4.96. The van der Waals surface area contributed by atoms with E-state index in [2.05, 4.69) is 18.2 Å². The van der Waals surface area contributed by atoms with Crippen LogP contribution in [0.2, 0.25) is 0 Å². The predicted molar refractivity (Wildman–Crippen MR) is 85.4 cm³/mol. The zero-order chi connectivity index (χ0) is 15.0. The molecule has 0 atom stereocenters. The van der Waals surface area contributed by atoms with Gasteiger partial charge in [-0.3, -0.25) is 4.90 Å². The van der Waals surface area contributed by atoms with Crippen molar-refractivity contribution in [2.75, 3.05) is 5.75 Å². The number of amides is 1. The van der Waals surface area contributed by atoms with Crippen molar-refractivity contribution in [1.29, 1.82) is 0 Å². The summed E-state index contributed by atoms with van der Waals surface area (Å²) in [4.78, 5) is 15.2. The van der Waals surface area contributed by atoms with Gasteiger partial charge in [-0.05, 0) is 62.8 Å². The highest BCUT2D eigenvalue weighted by Gasteiger charge is 2.28. The Morgan fingerprint density at radius 2 is 2.00 bits per heavy atom. The first-order chi connectivity index (χ1) is 9.90. The van der Waals surface area contributed by atoms with Gasteiger partial charge in [0.25, 0.3) is 0 Å². The first-order valence-corrected chi connectivity index (χ1v) is 8.62. The first-order valence-electron chi connectivity index (χ1n) is 7.63. The smallest absolute Gasteiger partial charge is 0.410 e. The van der Waals surface area contributed by atoms with Crippen molar-refractivity contribution in [3.8, 4) is 0 Å². The maximum absolute atomic E-state index is 12.1. The van der Waals surface area contributed by atoms with Gasteiger partial charge in [-0.25, -0.2) is 4.79 Å². The lowest BCUT2D eigenvalue weighted by molar-refractivity contribution is 0.0242. The normalized spacial score (nSPS) is 17.8. The third-order valence-electron chi connectivity index (χ3n) is 3.73. The molecule has 3 nitrogen and oxygen atoms in total. The van der Waals surface area contributed by atoms with E-state index in [-0.39, 0.29) is 6.09 Å². The van der Waals surface area contributed by atoms with Crippen LogP contribution in [-0.4, -0.2) is 22.3 Å². The number of benzene rings is 1. The number of carbonyl (C=O) groups excluding carboxylic acids is 1. The highest BCUT2D eigenvalue weighted by molar-refractivity contribution is 7.99. The van der Waals surface area contributed by atoms with Crippen LogP contribution >= 0.6 is 11.8 Å². The van der Waals surface area contributed by atoms with Crippen LogP contribution in [0.1, 0.15) is 44.7 Å². The van der Waals surface area contributed by atoms with E-state index in [4.69, 9.17) is 4.74 Å². The number of rotatable bonds is 3. The van der Waals surface area contributed by atoms with Crippen LogP contribution in [-0.2, 0) is 17.8 Å². The second-order valence-corrected chi connectivity index (χ2v) is 8.11. The summed E-state index contributed by atoms with van der Waals surface area (Å²) >= 11 is 1.94. The molecule has 21 heavy (non-hydrogen) atoms. The molecule has 0 spiro atoms. The molecule has 1 saturated carbocycles. The van der Waals surface area contributed by atoms with E-state index in [1.54, 1.807) is 4.90 Å².